The highest BCUT2D eigenvalue weighted by Gasteiger charge is 2.24. The standard InChI is InChI=1S/C27H46N4O6/c1-20(19-30-27(34)22-7-4-5-8-25(22)37-14-6-13-35-3)17-23(28)24(32)18-21(2)26(33)29-9-10-31-11-15-36-16-12-31/h4-5,7-8,20-21,23-24,32H,6,9-19,28H2,1-3H3,(H,29,33)(H,30,34)/t20-,21+,23-,24-/m0/s1. The highest BCUT2D eigenvalue weighted by atomic mass is 16.5. The van der Waals surface area contributed by atoms with Crippen molar-refractivity contribution in [3.63, 3.8) is 0 Å². The van der Waals surface area contributed by atoms with Gasteiger partial charge in [-0.3, -0.25) is 14.5 Å². The van der Waals surface area contributed by atoms with Crippen molar-refractivity contribution in [2.45, 2.75) is 45.3 Å². The molecule has 1 aliphatic rings. The first-order valence-corrected chi connectivity index (χ1v) is 13.3. The van der Waals surface area contributed by atoms with E-state index in [0.29, 0.717) is 44.0 Å². The van der Waals surface area contributed by atoms with Gasteiger partial charge in [-0.25, -0.2) is 0 Å². The molecule has 0 aliphatic carbocycles. The summed E-state index contributed by atoms with van der Waals surface area (Å²) in [4.78, 5) is 27.4. The predicted molar refractivity (Wildman–Crippen MR) is 143 cm³/mol. The molecule has 2 amide bonds. The first-order chi connectivity index (χ1) is 17.8. The molecule has 4 atom stereocenters. The second-order valence-corrected chi connectivity index (χ2v) is 9.85. The number of amides is 2. The zero-order valence-corrected chi connectivity index (χ0v) is 22.6. The molecule has 1 aromatic carbocycles. The molecule has 5 N–H and O–H groups in total. The molecule has 0 spiro atoms. The molecule has 210 valence electrons. The Bertz CT molecular complexity index is 805. The largest absolute Gasteiger partial charge is 0.493 e. The average molecular weight is 523 g/mol. The molecule has 0 bridgehead atoms. The summed E-state index contributed by atoms with van der Waals surface area (Å²) in [7, 11) is 1.64. The van der Waals surface area contributed by atoms with Crippen molar-refractivity contribution >= 4 is 11.8 Å². The minimum absolute atomic E-state index is 0.0426. The monoisotopic (exact) mass is 522 g/mol. The van der Waals surface area contributed by atoms with Gasteiger partial charge in [-0.1, -0.05) is 26.0 Å². The van der Waals surface area contributed by atoms with Crippen molar-refractivity contribution in [3.05, 3.63) is 29.8 Å². The van der Waals surface area contributed by atoms with Crippen molar-refractivity contribution in [2.24, 2.45) is 17.6 Å². The van der Waals surface area contributed by atoms with Crippen LogP contribution in [-0.2, 0) is 14.3 Å². The molecule has 0 unspecified atom stereocenters. The van der Waals surface area contributed by atoms with Gasteiger partial charge in [0, 0.05) is 64.8 Å². The van der Waals surface area contributed by atoms with Gasteiger partial charge in [0.2, 0.25) is 5.91 Å². The van der Waals surface area contributed by atoms with E-state index >= 15 is 0 Å². The molecule has 1 fully saturated rings. The second-order valence-electron chi connectivity index (χ2n) is 9.85. The van der Waals surface area contributed by atoms with Crippen LogP contribution in [0.15, 0.2) is 24.3 Å². The molecule has 0 aromatic heterocycles. The summed E-state index contributed by atoms with van der Waals surface area (Å²) in [5.41, 5.74) is 6.72. The van der Waals surface area contributed by atoms with E-state index in [2.05, 4.69) is 15.5 Å². The lowest BCUT2D eigenvalue weighted by atomic mass is 9.92. The first kappa shape index (κ1) is 31.0. The Labute approximate surface area is 221 Å². The Hall–Kier alpha value is -2.24. The van der Waals surface area contributed by atoms with Crippen LogP contribution >= 0.6 is 0 Å². The predicted octanol–water partition coefficient (Wildman–Crippen LogP) is 1.02. The zero-order chi connectivity index (χ0) is 27.0. The number of rotatable bonds is 17. The minimum Gasteiger partial charge on any atom is -0.493 e. The number of nitrogens with one attached hydrogen (secondary N) is 2. The van der Waals surface area contributed by atoms with Gasteiger partial charge in [-0.15, -0.1) is 0 Å². The number of benzene rings is 1. The van der Waals surface area contributed by atoms with E-state index in [1.807, 2.05) is 13.0 Å². The summed E-state index contributed by atoms with van der Waals surface area (Å²) in [5, 5.41) is 16.5. The third-order valence-electron chi connectivity index (χ3n) is 6.54. The van der Waals surface area contributed by atoms with Crippen LogP contribution in [-0.4, -0.2) is 100 Å². The number of nitrogens with two attached hydrogens (primary N) is 1. The molecule has 1 saturated heterocycles. The molecular weight excluding hydrogens is 476 g/mol. The van der Waals surface area contributed by atoms with E-state index in [1.165, 1.54) is 0 Å². The topological polar surface area (TPSA) is 135 Å². The van der Waals surface area contributed by atoms with Gasteiger partial charge in [0.25, 0.3) is 5.91 Å². The van der Waals surface area contributed by atoms with Crippen LogP contribution in [0.1, 0.15) is 43.5 Å². The highest BCUT2D eigenvalue weighted by molar-refractivity contribution is 5.96. The molecule has 0 radical (unpaired) electrons. The number of para-hydroxylation sites is 1. The van der Waals surface area contributed by atoms with Gasteiger partial charge in [0.1, 0.15) is 5.75 Å². The first-order valence-electron chi connectivity index (χ1n) is 13.3. The summed E-state index contributed by atoms with van der Waals surface area (Å²) < 4.78 is 16.1. The lowest BCUT2D eigenvalue weighted by Crippen LogP contribution is -2.43. The Morgan fingerprint density at radius 1 is 1.14 bits per heavy atom. The molecular formula is C27H46N4O6. The normalized spacial score (nSPS) is 17.4. The van der Waals surface area contributed by atoms with Gasteiger partial charge in [-0.2, -0.15) is 0 Å². The number of carbonyl (C=O) groups excluding carboxylic acids is 2. The van der Waals surface area contributed by atoms with Crippen LogP contribution in [0.3, 0.4) is 0 Å². The summed E-state index contributed by atoms with van der Waals surface area (Å²) in [6.45, 7) is 9.83. The van der Waals surface area contributed by atoms with Gasteiger partial charge in [0.05, 0.1) is 31.5 Å². The van der Waals surface area contributed by atoms with Crippen LogP contribution in [0, 0.1) is 11.8 Å². The van der Waals surface area contributed by atoms with Crippen LogP contribution in [0.2, 0.25) is 0 Å². The van der Waals surface area contributed by atoms with E-state index in [-0.39, 0.29) is 30.1 Å². The smallest absolute Gasteiger partial charge is 0.255 e. The lowest BCUT2D eigenvalue weighted by molar-refractivity contribution is -0.125. The fourth-order valence-corrected chi connectivity index (χ4v) is 4.21. The number of aliphatic hydroxyl groups is 1. The Morgan fingerprint density at radius 3 is 2.59 bits per heavy atom. The van der Waals surface area contributed by atoms with Crippen LogP contribution in [0.5, 0.6) is 5.75 Å². The SMILES string of the molecule is COCCCOc1ccccc1C(=O)NC[C@@H](C)C[C@H](N)[C@@H](O)C[C@@H](C)C(=O)NCCN1CCOCC1. The Morgan fingerprint density at radius 2 is 1.86 bits per heavy atom. The van der Waals surface area contributed by atoms with Crippen LogP contribution in [0.4, 0.5) is 0 Å². The second kappa shape index (κ2) is 17.3. The number of carbonyl (C=O) groups is 2. The number of hydrogen-bond acceptors (Lipinski definition) is 8. The maximum Gasteiger partial charge on any atom is 0.255 e. The molecule has 10 nitrogen and oxygen atoms in total. The molecule has 37 heavy (non-hydrogen) atoms. The molecule has 0 saturated carbocycles. The van der Waals surface area contributed by atoms with Crippen LogP contribution < -0.4 is 21.1 Å². The molecule has 1 aliphatic heterocycles. The van der Waals surface area contributed by atoms with E-state index in [9.17, 15) is 14.7 Å². The molecule has 2 rings (SSSR count). The average Bonchev–Trinajstić information content (AvgIpc) is 2.90. The summed E-state index contributed by atoms with van der Waals surface area (Å²) in [5.74, 6) is -0.0659. The van der Waals surface area contributed by atoms with E-state index in [4.69, 9.17) is 19.9 Å². The number of nitrogens with zero attached hydrogens (tertiary/aromatic N) is 1. The molecule has 1 aromatic rings. The summed E-state index contributed by atoms with van der Waals surface area (Å²) in [6.07, 6.45) is 0.733. The lowest BCUT2D eigenvalue weighted by Gasteiger charge is -2.27. The molecule has 10 heteroatoms. The van der Waals surface area contributed by atoms with Gasteiger partial charge in [0.15, 0.2) is 0 Å². The fraction of sp³-hybridized carbons (Fsp3) is 0.704. The van der Waals surface area contributed by atoms with Gasteiger partial charge >= 0.3 is 0 Å². The highest BCUT2D eigenvalue weighted by Crippen LogP contribution is 2.19. The van der Waals surface area contributed by atoms with Crippen molar-refractivity contribution in [1.82, 2.24) is 15.5 Å². The fourth-order valence-electron chi connectivity index (χ4n) is 4.21. The minimum atomic E-state index is -0.806. The van der Waals surface area contributed by atoms with Crippen molar-refractivity contribution in [3.8, 4) is 5.75 Å². The van der Waals surface area contributed by atoms with Gasteiger partial charge < -0.3 is 35.7 Å². The Balaban J connectivity index is 1.69. The quantitative estimate of drug-likeness (QED) is 0.223. The zero-order valence-electron chi connectivity index (χ0n) is 22.6. The summed E-state index contributed by atoms with van der Waals surface area (Å²) >= 11 is 0. The van der Waals surface area contributed by atoms with Gasteiger partial charge in [-0.05, 0) is 30.9 Å². The molecule has 1 heterocycles. The summed E-state index contributed by atoms with van der Waals surface area (Å²) in [6, 6.07) is 6.64. The number of morpholine rings is 1. The third kappa shape index (κ3) is 11.8. The maximum atomic E-state index is 12.7. The third-order valence-corrected chi connectivity index (χ3v) is 6.54. The number of aliphatic hydroxyl groups excluding tert-OH is 1. The number of methoxy groups -OCH3 is 1. The van der Waals surface area contributed by atoms with E-state index in [0.717, 1.165) is 39.3 Å². The van der Waals surface area contributed by atoms with Crippen LogP contribution in [0.25, 0.3) is 0 Å². The van der Waals surface area contributed by atoms with Crippen molar-refractivity contribution in [1.29, 1.82) is 0 Å². The Kier molecular flexibility index (Phi) is 14.5. The van der Waals surface area contributed by atoms with E-state index < -0.39 is 12.1 Å². The van der Waals surface area contributed by atoms with E-state index in [1.54, 1.807) is 32.2 Å². The van der Waals surface area contributed by atoms with Crippen molar-refractivity contribution in [2.75, 3.05) is 66.3 Å². The number of ether oxygens (including phenoxy) is 3. The maximum absolute atomic E-state index is 12.7. The van der Waals surface area contributed by atoms with Crippen molar-refractivity contribution < 1.29 is 28.9 Å². The number of hydrogen-bond donors (Lipinski definition) is 4.